The van der Waals surface area contributed by atoms with Crippen molar-refractivity contribution in [3.8, 4) is 5.75 Å². The quantitative estimate of drug-likeness (QED) is 0.635. The highest BCUT2D eigenvalue weighted by Crippen LogP contribution is 2.27. The Morgan fingerprint density at radius 2 is 1.94 bits per heavy atom. The van der Waals surface area contributed by atoms with E-state index < -0.39 is 0 Å². The maximum atomic E-state index is 13.7. The summed E-state index contributed by atoms with van der Waals surface area (Å²) in [5.74, 6) is 1.60. The standard InChI is InChI=1S/C23H25FN4O3/c1-15-3-7-19(8-4-15)30-14-21-26-22(27-31-21)17-9-11-28(12-10-17)23(29)25-18-6-5-16(2)20(24)13-18/h3-8,13,17H,9-12,14H2,1-2H3,(H,25,29). The number of halogens is 1. The third kappa shape index (κ3) is 5.20. The van der Waals surface area contributed by atoms with Gasteiger partial charge in [-0.15, -0.1) is 0 Å². The second kappa shape index (κ2) is 9.16. The molecular formula is C23H25FN4O3. The SMILES string of the molecule is Cc1ccc(OCc2nc(C3CCN(C(=O)Nc4ccc(C)c(F)c4)CC3)no2)cc1. The van der Waals surface area contributed by atoms with Crippen LogP contribution in [0.25, 0.3) is 0 Å². The highest BCUT2D eigenvalue weighted by molar-refractivity contribution is 5.89. The van der Waals surface area contributed by atoms with Gasteiger partial charge in [0, 0.05) is 24.7 Å². The van der Waals surface area contributed by atoms with Crippen molar-refractivity contribution in [1.29, 1.82) is 0 Å². The third-order valence-electron chi connectivity index (χ3n) is 5.44. The lowest BCUT2D eigenvalue weighted by atomic mass is 9.96. The number of piperidine rings is 1. The van der Waals surface area contributed by atoms with Crippen molar-refractivity contribution in [2.45, 2.75) is 39.2 Å². The van der Waals surface area contributed by atoms with Crippen LogP contribution >= 0.6 is 0 Å². The van der Waals surface area contributed by atoms with Crippen LogP contribution in [0.15, 0.2) is 47.0 Å². The molecule has 31 heavy (non-hydrogen) atoms. The highest BCUT2D eigenvalue weighted by atomic mass is 19.1. The molecule has 162 valence electrons. The van der Waals surface area contributed by atoms with Gasteiger partial charge in [0.05, 0.1) is 0 Å². The summed E-state index contributed by atoms with van der Waals surface area (Å²) < 4.78 is 24.7. The number of amides is 2. The lowest BCUT2D eigenvalue weighted by Gasteiger charge is -2.30. The van der Waals surface area contributed by atoms with Gasteiger partial charge in [0.25, 0.3) is 5.89 Å². The Kier molecular flexibility index (Phi) is 6.16. The fourth-order valence-corrected chi connectivity index (χ4v) is 3.49. The van der Waals surface area contributed by atoms with Gasteiger partial charge in [-0.3, -0.25) is 0 Å². The number of aromatic nitrogens is 2. The predicted octanol–water partition coefficient (Wildman–Crippen LogP) is 4.82. The minimum atomic E-state index is -0.337. The molecule has 0 spiro atoms. The summed E-state index contributed by atoms with van der Waals surface area (Å²) in [7, 11) is 0. The first-order chi connectivity index (χ1) is 15.0. The zero-order valence-corrected chi connectivity index (χ0v) is 17.6. The minimum absolute atomic E-state index is 0.123. The van der Waals surface area contributed by atoms with E-state index in [4.69, 9.17) is 9.26 Å². The van der Waals surface area contributed by atoms with Gasteiger partial charge >= 0.3 is 6.03 Å². The molecule has 0 bridgehead atoms. The molecule has 2 heterocycles. The van der Waals surface area contributed by atoms with Crippen LogP contribution in [0.1, 0.15) is 41.6 Å². The number of carbonyl (C=O) groups is 1. The smallest absolute Gasteiger partial charge is 0.321 e. The third-order valence-corrected chi connectivity index (χ3v) is 5.44. The summed E-state index contributed by atoms with van der Waals surface area (Å²) in [5.41, 5.74) is 2.16. The number of benzene rings is 2. The molecule has 2 amide bonds. The van der Waals surface area contributed by atoms with Crippen LogP contribution in [0.3, 0.4) is 0 Å². The summed E-state index contributed by atoms with van der Waals surface area (Å²) in [6, 6.07) is 12.2. The first-order valence-electron chi connectivity index (χ1n) is 10.3. The fourth-order valence-electron chi connectivity index (χ4n) is 3.49. The monoisotopic (exact) mass is 424 g/mol. The van der Waals surface area contributed by atoms with Gasteiger partial charge in [-0.25, -0.2) is 9.18 Å². The summed E-state index contributed by atoms with van der Waals surface area (Å²) in [5, 5.41) is 6.85. The van der Waals surface area contributed by atoms with Crippen molar-refractivity contribution in [1.82, 2.24) is 15.0 Å². The molecule has 3 aromatic rings. The van der Waals surface area contributed by atoms with Crippen molar-refractivity contribution in [2.75, 3.05) is 18.4 Å². The van der Waals surface area contributed by atoms with Crippen LogP contribution in [0.5, 0.6) is 5.75 Å². The summed E-state index contributed by atoms with van der Waals surface area (Å²) in [6.45, 7) is 5.04. The molecule has 0 unspecified atom stereocenters. The van der Waals surface area contributed by atoms with Crippen LogP contribution in [-0.2, 0) is 6.61 Å². The van der Waals surface area contributed by atoms with E-state index in [0.29, 0.717) is 36.1 Å². The van der Waals surface area contributed by atoms with E-state index in [0.717, 1.165) is 18.6 Å². The summed E-state index contributed by atoms with van der Waals surface area (Å²) in [6.07, 6.45) is 1.46. The van der Waals surface area contributed by atoms with Gasteiger partial charge in [-0.1, -0.05) is 28.9 Å². The van der Waals surface area contributed by atoms with Crippen LogP contribution in [0.4, 0.5) is 14.9 Å². The van der Waals surface area contributed by atoms with Crippen molar-refractivity contribution < 1.29 is 18.4 Å². The van der Waals surface area contributed by atoms with Gasteiger partial charge in [0.2, 0.25) is 0 Å². The predicted molar refractivity (Wildman–Crippen MR) is 114 cm³/mol. The Morgan fingerprint density at radius 3 is 2.65 bits per heavy atom. The molecule has 1 saturated heterocycles. The molecule has 1 aliphatic rings. The number of urea groups is 1. The van der Waals surface area contributed by atoms with Crippen LogP contribution in [0, 0.1) is 19.7 Å². The molecule has 0 atom stereocenters. The number of ether oxygens (including phenoxy) is 1. The second-order valence-electron chi connectivity index (χ2n) is 7.80. The largest absolute Gasteiger partial charge is 0.484 e. The zero-order valence-electron chi connectivity index (χ0n) is 17.6. The number of aryl methyl sites for hydroxylation is 2. The van der Waals surface area contributed by atoms with Gasteiger partial charge in [-0.2, -0.15) is 4.98 Å². The number of likely N-dealkylation sites (tertiary alicyclic amines) is 1. The average molecular weight is 424 g/mol. The molecule has 1 aliphatic heterocycles. The molecule has 1 N–H and O–H groups in total. The lowest BCUT2D eigenvalue weighted by Crippen LogP contribution is -2.40. The number of rotatable bonds is 5. The first kappa shape index (κ1) is 20.8. The lowest BCUT2D eigenvalue weighted by molar-refractivity contribution is 0.193. The van der Waals surface area contributed by atoms with Gasteiger partial charge in [-0.05, 0) is 56.5 Å². The van der Waals surface area contributed by atoms with E-state index in [1.54, 1.807) is 24.0 Å². The molecule has 7 nitrogen and oxygen atoms in total. The molecule has 0 saturated carbocycles. The number of nitrogens with one attached hydrogen (secondary N) is 1. The molecule has 1 fully saturated rings. The summed E-state index contributed by atoms with van der Waals surface area (Å²) in [4.78, 5) is 18.7. The van der Waals surface area contributed by atoms with Gasteiger partial charge < -0.3 is 19.5 Å². The number of hydrogen-bond acceptors (Lipinski definition) is 5. The second-order valence-corrected chi connectivity index (χ2v) is 7.80. The number of nitrogens with zero attached hydrogens (tertiary/aromatic N) is 3. The van der Waals surface area contributed by atoms with Crippen molar-refractivity contribution in [3.63, 3.8) is 0 Å². The minimum Gasteiger partial charge on any atom is -0.484 e. The Bertz CT molecular complexity index is 1040. The Morgan fingerprint density at radius 1 is 1.19 bits per heavy atom. The van der Waals surface area contributed by atoms with E-state index in [9.17, 15) is 9.18 Å². The van der Waals surface area contributed by atoms with Crippen molar-refractivity contribution >= 4 is 11.7 Å². The van der Waals surface area contributed by atoms with Crippen LogP contribution in [-0.4, -0.2) is 34.2 Å². The van der Waals surface area contributed by atoms with Gasteiger partial charge in [0.15, 0.2) is 12.4 Å². The molecule has 8 heteroatoms. The van der Waals surface area contributed by atoms with Crippen molar-refractivity contribution in [3.05, 3.63) is 71.1 Å². The Hall–Kier alpha value is -3.42. The maximum Gasteiger partial charge on any atom is 0.321 e. The average Bonchev–Trinajstić information content (AvgIpc) is 3.25. The topological polar surface area (TPSA) is 80.5 Å². The summed E-state index contributed by atoms with van der Waals surface area (Å²) >= 11 is 0. The number of anilines is 1. The molecule has 0 aliphatic carbocycles. The molecule has 2 aromatic carbocycles. The fraction of sp³-hybridized carbons (Fsp3) is 0.348. The number of hydrogen-bond donors (Lipinski definition) is 1. The van der Waals surface area contributed by atoms with E-state index in [-0.39, 0.29) is 24.4 Å². The molecule has 1 aromatic heterocycles. The highest BCUT2D eigenvalue weighted by Gasteiger charge is 2.27. The van der Waals surface area contributed by atoms with Crippen LogP contribution < -0.4 is 10.1 Å². The van der Waals surface area contributed by atoms with Gasteiger partial charge in [0.1, 0.15) is 11.6 Å². The normalized spacial score (nSPS) is 14.5. The molecule has 4 rings (SSSR count). The van der Waals surface area contributed by atoms with E-state index in [1.165, 1.54) is 11.6 Å². The molecule has 0 radical (unpaired) electrons. The van der Waals surface area contributed by atoms with E-state index >= 15 is 0 Å². The maximum absolute atomic E-state index is 13.7. The van der Waals surface area contributed by atoms with E-state index in [1.807, 2.05) is 31.2 Å². The van der Waals surface area contributed by atoms with Crippen LogP contribution in [0.2, 0.25) is 0 Å². The Balaban J connectivity index is 1.27. The van der Waals surface area contributed by atoms with E-state index in [2.05, 4.69) is 15.5 Å². The zero-order chi connectivity index (χ0) is 21.8. The first-order valence-corrected chi connectivity index (χ1v) is 10.3. The Labute approximate surface area is 180 Å². The molecular weight excluding hydrogens is 399 g/mol. The van der Waals surface area contributed by atoms with Crippen molar-refractivity contribution in [2.24, 2.45) is 0 Å². The number of carbonyl (C=O) groups excluding carboxylic acids is 1.